The molecule has 3 heteroatoms. The minimum absolute atomic E-state index is 0.0216. The van der Waals surface area contributed by atoms with E-state index >= 15 is 8.78 Å². The van der Waals surface area contributed by atoms with Gasteiger partial charge in [-0.2, -0.15) is 0 Å². The van der Waals surface area contributed by atoms with Crippen molar-refractivity contribution in [2.75, 3.05) is 0 Å². The predicted molar refractivity (Wildman–Crippen MR) is 173 cm³/mol. The molecular weight excluding hydrogens is 534 g/mol. The van der Waals surface area contributed by atoms with Gasteiger partial charge in [0.15, 0.2) is 0 Å². The standard InChI is InChI=1S/C40H24F2O/c41-38-29-14-5-1-10-25(29)36(26-11-2-6-15-30(26)38)23-20-21-24-33-18-9-19-34(40(33)43-35(24)22-23)37-27-12-3-7-16-31(27)39(42)32-17-8-4-13-28(32)37/h1-22,33,40H. The second kappa shape index (κ2) is 9.11. The molecule has 0 N–H and O–H groups in total. The Hall–Kier alpha value is -5.28. The van der Waals surface area contributed by atoms with Crippen LogP contribution in [0.4, 0.5) is 8.78 Å². The van der Waals surface area contributed by atoms with Gasteiger partial charge < -0.3 is 4.74 Å². The first-order chi connectivity index (χ1) is 21.2. The Morgan fingerprint density at radius 1 is 0.512 bits per heavy atom. The zero-order chi connectivity index (χ0) is 28.7. The van der Waals surface area contributed by atoms with Crippen molar-refractivity contribution in [2.24, 2.45) is 0 Å². The SMILES string of the molecule is Fc1c2ccccc2c(C2=CC=CC3c4ccc(-c5c6ccccc6c(F)c6ccccc56)cc4OC23)c2ccccc12. The molecule has 43 heavy (non-hydrogen) atoms. The Kier molecular flexibility index (Phi) is 5.15. The number of fused-ring (bicyclic) bond motifs is 7. The fourth-order valence-corrected chi connectivity index (χ4v) is 7.27. The van der Waals surface area contributed by atoms with Crippen molar-refractivity contribution in [1.29, 1.82) is 0 Å². The van der Waals surface area contributed by atoms with E-state index in [9.17, 15) is 0 Å². The zero-order valence-electron chi connectivity index (χ0n) is 23.0. The summed E-state index contributed by atoms with van der Waals surface area (Å²) in [6.07, 6.45) is 6.14. The van der Waals surface area contributed by atoms with E-state index in [2.05, 4.69) is 36.4 Å². The van der Waals surface area contributed by atoms with Gasteiger partial charge in [-0.15, -0.1) is 0 Å². The van der Waals surface area contributed by atoms with Crippen molar-refractivity contribution >= 4 is 48.7 Å². The predicted octanol–water partition coefficient (Wildman–Crippen LogP) is 10.7. The molecule has 1 aliphatic carbocycles. The normalized spacial score (nSPS) is 17.3. The van der Waals surface area contributed by atoms with Crippen molar-refractivity contribution in [3.05, 3.63) is 156 Å². The molecule has 204 valence electrons. The Morgan fingerprint density at radius 3 is 1.49 bits per heavy atom. The Morgan fingerprint density at radius 2 is 0.977 bits per heavy atom. The van der Waals surface area contributed by atoms with Crippen LogP contribution in [0.1, 0.15) is 17.0 Å². The summed E-state index contributed by atoms with van der Waals surface area (Å²) in [4.78, 5) is 0. The topological polar surface area (TPSA) is 9.23 Å². The van der Waals surface area contributed by atoms with Crippen molar-refractivity contribution in [3.63, 3.8) is 0 Å². The van der Waals surface area contributed by atoms with Crippen LogP contribution in [0.3, 0.4) is 0 Å². The van der Waals surface area contributed by atoms with Crippen LogP contribution < -0.4 is 4.74 Å². The summed E-state index contributed by atoms with van der Waals surface area (Å²) in [5.41, 5.74) is 5.14. The highest BCUT2D eigenvalue weighted by atomic mass is 19.1. The lowest BCUT2D eigenvalue weighted by molar-refractivity contribution is 0.278. The molecule has 1 nitrogen and oxygen atoms in total. The van der Waals surface area contributed by atoms with Crippen LogP contribution in [-0.4, -0.2) is 6.10 Å². The van der Waals surface area contributed by atoms with Crippen LogP contribution in [0.5, 0.6) is 5.75 Å². The third-order valence-corrected chi connectivity index (χ3v) is 9.16. The van der Waals surface area contributed by atoms with Crippen LogP contribution >= 0.6 is 0 Å². The fraction of sp³-hybridized carbons (Fsp3) is 0.0500. The second-order valence-corrected chi connectivity index (χ2v) is 11.4. The summed E-state index contributed by atoms with van der Waals surface area (Å²) < 4.78 is 38.1. The zero-order valence-corrected chi connectivity index (χ0v) is 23.0. The number of halogens is 2. The van der Waals surface area contributed by atoms with Gasteiger partial charge >= 0.3 is 0 Å². The van der Waals surface area contributed by atoms with Gasteiger partial charge in [-0.1, -0.05) is 127 Å². The number of hydrogen-bond acceptors (Lipinski definition) is 1. The molecule has 0 aromatic heterocycles. The lowest BCUT2D eigenvalue weighted by Crippen LogP contribution is -2.21. The Balaban J connectivity index is 1.22. The minimum atomic E-state index is -0.255. The first-order valence-corrected chi connectivity index (χ1v) is 14.6. The van der Waals surface area contributed by atoms with Crippen molar-refractivity contribution in [2.45, 2.75) is 12.0 Å². The highest BCUT2D eigenvalue weighted by Crippen LogP contribution is 2.50. The van der Waals surface area contributed by atoms with Crippen molar-refractivity contribution in [1.82, 2.24) is 0 Å². The third kappa shape index (κ3) is 3.42. The Labute approximate surface area is 247 Å². The summed E-state index contributed by atoms with van der Waals surface area (Å²) in [7, 11) is 0. The Bertz CT molecular complexity index is 2250. The quantitative estimate of drug-likeness (QED) is 0.192. The fourth-order valence-electron chi connectivity index (χ4n) is 7.27. The summed E-state index contributed by atoms with van der Waals surface area (Å²) in [5.74, 6) is 0.445. The number of ether oxygens (including phenoxy) is 1. The molecule has 0 saturated carbocycles. The van der Waals surface area contributed by atoms with Crippen LogP contribution in [0.2, 0.25) is 0 Å². The van der Waals surface area contributed by atoms with Gasteiger partial charge in [-0.3, -0.25) is 0 Å². The molecule has 0 spiro atoms. The van der Waals surface area contributed by atoms with Gasteiger partial charge in [0.05, 0.1) is 0 Å². The molecule has 0 fully saturated rings. The average Bonchev–Trinajstić information content (AvgIpc) is 3.44. The van der Waals surface area contributed by atoms with Crippen LogP contribution in [0.15, 0.2) is 133 Å². The first-order valence-electron chi connectivity index (χ1n) is 14.6. The van der Waals surface area contributed by atoms with E-state index in [4.69, 9.17) is 4.74 Å². The number of benzene rings is 7. The summed E-state index contributed by atoms with van der Waals surface area (Å²) in [5, 5.41) is 5.93. The first kappa shape index (κ1) is 24.3. The highest BCUT2D eigenvalue weighted by molar-refractivity contribution is 6.13. The maximum atomic E-state index is 15.7. The van der Waals surface area contributed by atoms with Gasteiger partial charge in [0.2, 0.25) is 0 Å². The van der Waals surface area contributed by atoms with Crippen LogP contribution in [0.25, 0.3) is 59.8 Å². The number of rotatable bonds is 2. The molecule has 0 saturated heterocycles. The van der Waals surface area contributed by atoms with E-state index in [1.165, 1.54) is 0 Å². The van der Waals surface area contributed by atoms with E-state index in [0.717, 1.165) is 55.1 Å². The maximum absolute atomic E-state index is 15.7. The van der Waals surface area contributed by atoms with E-state index < -0.39 is 0 Å². The molecule has 2 unspecified atom stereocenters. The molecule has 0 amide bonds. The largest absolute Gasteiger partial charge is 0.484 e. The molecule has 9 rings (SSSR count). The van der Waals surface area contributed by atoms with Gasteiger partial charge in [-0.05, 0) is 44.3 Å². The lowest BCUT2D eigenvalue weighted by Gasteiger charge is -2.25. The van der Waals surface area contributed by atoms with Crippen molar-refractivity contribution < 1.29 is 13.5 Å². The lowest BCUT2D eigenvalue weighted by atomic mass is 9.81. The van der Waals surface area contributed by atoms with Gasteiger partial charge in [0.1, 0.15) is 23.5 Å². The van der Waals surface area contributed by atoms with Crippen LogP contribution in [-0.2, 0) is 0 Å². The molecule has 1 aliphatic heterocycles. The molecule has 7 aromatic rings. The molecule has 0 bridgehead atoms. The molecule has 0 radical (unpaired) electrons. The average molecular weight is 559 g/mol. The molecular formula is C40H24F2O. The molecule has 2 aliphatic rings. The van der Waals surface area contributed by atoms with E-state index in [0.29, 0.717) is 21.5 Å². The van der Waals surface area contributed by atoms with Gasteiger partial charge in [0.25, 0.3) is 0 Å². The highest BCUT2D eigenvalue weighted by Gasteiger charge is 2.38. The van der Waals surface area contributed by atoms with E-state index in [1.54, 1.807) is 0 Å². The molecule has 1 heterocycles. The van der Waals surface area contributed by atoms with Crippen molar-refractivity contribution in [3.8, 4) is 16.9 Å². The van der Waals surface area contributed by atoms with Gasteiger partial charge in [-0.25, -0.2) is 8.78 Å². The second-order valence-electron chi connectivity index (χ2n) is 11.4. The smallest absolute Gasteiger partial charge is 0.138 e. The van der Waals surface area contributed by atoms with Crippen LogP contribution in [0, 0.1) is 11.6 Å². The number of hydrogen-bond donors (Lipinski definition) is 0. The number of allylic oxidation sites excluding steroid dienone is 2. The van der Waals surface area contributed by atoms with Gasteiger partial charge in [0, 0.05) is 38.6 Å². The molecule has 7 aromatic carbocycles. The summed E-state index contributed by atoms with van der Waals surface area (Å²) in [6, 6.07) is 37.1. The summed E-state index contributed by atoms with van der Waals surface area (Å²) >= 11 is 0. The maximum Gasteiger partial charge on any atom is 0.138 e. The summed E-state index contributed by atoms with van der Waals surface area (Å²) in [6.45, 7) is 0. The minimum Gasteiger partial charge on any atom is -0.484 e. The molecule has 2 atom stereocenters. The van der Waals surface area contributed by atoms with E-state index in [-0.39, 0.29) is 23.7 Å². The monoisotopic (exact) mass is 558 g/mol. The van der Waals surface area contributed by atoms with E-state index in [1.807, 2.05) is 97.1 Å². The third-order valence-electron chi connectivity index (χ3n) is 9.16.